The van der Waals surface area contributed by atoms with Crippen molar-refractivity contribution >= 4 is 31.6 Å². The van der Waals surface area contributed by atoms with Gasteiger partial charge in [0.2, 0.25) is 10.0 Å². The standard InChI is InChI=1S/C13H19BrN2O3S/c1-16(8-10-3-2-6-19-9-10)20(17,18)13-5-4-11(14)7-12(13)15/h4-5,7,10H,2-3,6,8-9,15H2,1H3. The quantitative estimate of drug-likeness (QED) is 0.832. The molecule has 1 unspecified atom stereocenters. The van der Waals surface area contributed by atoms with Gasteiger partial charge in [-0.1, -0.05) is 15.9 Å². The number of nitrogens with two attached hydrogens (primary N) is 1. The fourth-order valence-corrected chi connectivity index (χ4v) is 4.05. The summed E-state index contributed by atoms with van der Waals surface area (Å²) in [5.74, 6) is 0.250. The highest BCUT2D eigenvalue weighted by molar-refractivity contribution is 9.10. The largest absolute Gasteiger partial charge is 0.398 e. The molecule has 0 spiro atoms. The third kappa shape index (κ3) is 3.52. The Kier molecular flexibility index (Phi) is 5.06. The predicted octanol–water partition coefficient (Wildman–Crippen LogP) is 2.08. The number of nitrogens with zero attached hydrogens (tertiary/aromatic N) is 1. The van der Waals surface area contributed by atoms with E-state index in [1.54, 1.807) is 19.2 Å². The van der Waals surface area contributed by atoms with Crippen molar-refractivity contribution in [3.05, 3.63) is 22.7 Å². The maximum absolute atomic E-state index is 12.5. The van der Waals surface area contributed by atoms with E-state index in [0.717, 1.165) is 23.9 Å². The molecule has 0 saturated carbocycles. The number of rotatable bonds is 4. The van der Waals surface area contributed by atoms with Crippen molar-refractivity contribution in [2.24, 2.45) is 5.92 Å². The van der Waals surface area contributed by atoms with Crippen molar-refractivity contribution in [2.75, 3.05) is 32.5 Å². The average molecular weight is 363 g/mol. The maximum atomic E-state index is 12.5. The molecule has 7 heteroatoms. The molecule has 1 aliphatic heterocycles. The highest BCUT2D eigenvalue weighted by Crippen LogP contribution is 2.26. The fraction of sp³-hybridized carbons (Fsp3) is 0.538. The van der Waals surface area contributed by atoms with Gasteiger partial charge in [0.05, 0.1) is 12.3 Å². The first kappa shape index (κ1) is 15.8. The summed E-state index contributed by atoms with van der Waals surface area (Å²) < 4.78 is 32.6. The van der Waals surface area contributed by atoms with Crippen LogP contribution in [0, 0.1) is 5.92 Å². The molecule has 1 heterocycles. The molecule has 112 valence electrons. The Morgan fingerprint density at radius 3 is 2.85 bits per heavy atom. The predicted molar refractivity (Wildman–Crippen MR) is 81.9 cm³/mol. The molecule has 0 radical (unpaired) electrons. The van der Waals surface area contributed by atoms with Crippen molar-refractivity contribution < 1.29 is 13.2 Å². The van der Waals surface area contributed by atoms with Crippen LogP contribution >= 0.6 is 15.9 Å². The van der Waals surface area contributed by atoms with E-state index < -0.39 is 10.0 Å². The molecule has 0 amide bonds. The van der Waals surface area contributed by atoms with Crippen LogP contribution in [-0.2, 0) is 14.8 Å². The normalized spacial score (nSPS) is 20.2. The summed E-state index contributed by atoms with van der Waals surface area (Å²) in [6, 6.07) is 4.81. The Balaban J connectivity index is 2.16. The summed E-state index contributed by atoms with van der Waals surface area (Å²) in [6.45, 7) is 1.85. The number of anilines is 1. The van der Waals surface area contributed by atoms with Gasteiger partial charge in [-0.2, -0.15) is 0 Å². The number of hydrogen-bond acceptors (Lipinski definition) is 4. The van der Waals surface area contributed by atoms with Gasteiger partial charge in [-0.05, 0) is 37.0 Å². The number of hydrogen-bond donors (Lipinski definition) is 1. The summed E-state index contributed by atoms with van der Waals surface area (Å²) in [7, 11) is -1.97. The lowest BCUT2D eigenvalue weighted by Gasteiger charge is -2.27. The third-order valence-electron chi connectivity index (χ3n) is 3.43. The van der Waals surface area contributed by atoms with E-state index in [4.69, 9.17) is 10.5 Å². The van der Waals surface area contributed by atoms with Crippen LogP contribution in [0.25, 0.3) is 0 Å². The summed E-state index contributed by atoms with van der Waals surface area (Å²) in [5.41, 5.74) is 6.07. The van der Waals surface area contributed by atoms with Crippen molar-refractivity contribution in [1.29, 1.82) is 0 Å². The zero-order valence-electron chi connectivity index (χ0n) is 11.4. The van der Waals surface area contributed by atoms with E-state index in [-0.39, 0.29) is 16.5 Å². The molecule has 0 bridgehead atoms. The zero-order valence-corrected chi connectivity index (χ0v) is 13.8. The number of benzene rings is 1. The van der Waals surface area contributed by atoms with Crippen LogP contribution < -0.4 is 5.73 Å². The highest BCUT2D eigenvalue weighted by Gasteiger charge is 2.26. The number of ether oxygens (including phenoxy) is 1. The van der Waals surface area contributed by atoms with Gasteiger partial charge in [-0.25, -0.2) is 12.7 Å². The smallest absolute Gasteiger partial charge is 0.244 e. The molecule has 5 nitrogen and oxygen atoms in total. The molecule has 0 aliphatic carbocycles. The van der Waals surface area contributed by atoms with Crippen molar-refractivity contribution in [3.8, 4) is 0 Å². The van der Waals surface area contributed by atoms with E-state index in [0.29, 0.717) is 13.2 Å². The third-order valence-corrected chi connectivity index (χ3v) is 5.82. The first-order chi connectivity index (χ1) is 9.41. The molecule has 1 fully saturated rings. The minimum Gasteiger partial charge on any atom is -0.398 e. The van der Waals surface area contributed by atoms with Crippen LogP contribution in [0.5, 0.6) is 0 Å². The van der Waals surface area contributed by atoms with Gasteiger partial charge in [-0.15, -0.1) is 0 Å². The van der Waals surface area contributed by atoms with Crippen LogP contribution in [0.4, 0.5) is 5.69 Å². The molecular weight excluding hydrogens is 344 g/mol. The van der Waals surface area contributed by atoms with Crippen LogP contribution in [0.3, 0.4) is 0 Å². The number of nitrogen functional groups attached to an aromatic ring is 1. The minimum absolute atomic E-state index is 0.153. The van der Waals surface area contributed by atoms with Crippen LogP contribution in [0.15, 0.2) is 27.6 Å². The Bertz CT molecular complexity index is 571. The molecule has 1 atom stereocenters. The molecule has 1 aromatic carbocycles. The van der Waals surface area contributed by atoms with E-state index >= 15 is 0 Å². The first-order valence-corrected chi connectivity index (χ1v) is 8.73. The van der Waals surface area contributed by atoms with Gasteiger partial charge < -0.3 is 10.5 Å². The fourth-order valence-electron chi connectivity index (χ4n) is 2.34. The Hall–Kier alpha value is -0.630. The van der Waals surface area contributed by atoms with Gasteiger partial charge >= 0.3 is 0 Å². The van der Waals surface area contributed by atoms with E-state index in [2.05, 4.69) is 15.9 Å². The summed E-state index contributed by atoms with van der Waals surface area (Å²) in [6.07, 6.45) is 1.98. The van der Waals surface area contributed by atoms with Crippen molar-refractivity contribution in [1.82, 2.24) is 4.31 Å². The second kappa shape index (κ2) is 6.43. The summed E-state index contributed by atoms with van der Waals surface area (Å²) in [5, 5.41) is 0. The lowest BCUT2D eigenvalue weighted by atomic mass is 10.0. The van der Waals surface area contributed by atoms with Gasteiger partial charge in [0.25, 0.3) is 0 Å². The van der Waals surface area contributed by atoms with Crippen LogP contribution in [0.1, 0.15) is 12.8 Å². The molecule has 1 aliphatic rings. The minimum atomic E-state index is -3.55. The Morgan fingerprint density at radius 2 is 2.25 bits per heavy atom. The molecule has 2 N–H and O–H groups in total. The van der Waals surface area contributed by atoms with E-state index in [9.17, 15) is 8.42 Å². The molecule has 1 aromatic rings. The number of halogens is 1. The number of sulfonamides is 1. The van der Waals surface area contributed by atoms with Gasteiger partial charge in [-0.3, -0.25) is 0 Å². The summed E-state index contributed by atoms with van der Waals surface area (Å²) in [4.78, 5) is 0.153. The van der Waals surface area contributed by atoms with Crippen LogP contribution in [-0.4, -0.2) is 39.5 Å². The van der Waals surface area contributed by atoms with E-state index in [1.165, 1.54) is 10.4 Å². The SMILES string of the molecule is CN(CC1CCCOC1)S(=O)(=O)c1ccc(Br)cc1N. The lowest BCUT2D eigenvalue weighted by Crippen LogP contribution is -2.35. The second-order valence-corrected chi connectivity index (χ2v) is 7.98. The zero-order chi connectivity index (χ0) is 14.8. The molecular formula is C13H19BrN2O3S. The lowest BCUT2D eigenvalue weighted by molar-refractivity contribution is 0.0495. The van der Waals surface area contributed by atoms with Gasteiger partial charge in [0, 0.05) is 24.7 Å². The van der Waals surface area contributed by atoms with E-state index in [1.807, 2.05) is 0 Å². The molecule has 2 rings (SSSR count). The second-order valence-electron chi connectivity index (χ2n) is 5.05. The van der Waals surface area contributed by atoms with Gasteiger partial charge in [0.1, 0.15) is 4.90 Å². The molecule has 1 saturated heterocycles. The summed E-state index contributed by atoms with van der Waals surface area (Å²) >= 11 is 3.27. The van der Waals surface area contributed by atoms with Crippen molar-refractivity contribution in [2.45, 2.75) is 17.7 Å². The highest BCUT2D eigenvalue weighted by atomic mass is 79.9. The monoisotopic (exact) mass is 362 g/mol. The molecule has 0 aromatic heterocycles. The first-order valence-electron chi connectivity index (χ1n) is 6.50. The Morgan fingerprint density at radius 1 is 1.50 bits per heavy atom. The Labute approximate surface area is 128 Å². The molecule has 20 heavy (non-hydrogen) atoms. The maximum Gasteiger partial charge on any atom is 0.244 e. The van der Waals surface area contributed by atoms with Crippen molar-refractivity contribution in [3.63, 3.8) is 0 Å². The topological polar surface area (TPSA) is 72.6 Å². The average Bonchev–Trinajstić information content (AvgIpc) is 2.39. The van der Waals surface area contributed by atoms with Crippen LogP contribution in [0.2, 0.25) is 0 Å². The van der Waals surface area contributed by atoms with Gasteiger partial charge in [0.15, 0.2) is 0 Å².